The number of phenols is 1. The molecular formula is C11H14N2O3. The molecule has 1 saturated heterocycles. The molecule has 86 valence electrons. The van der Waals surface area contributed by atoms with E-state index in [1.807, 2.05) is 0 Å². The Bertz CT molecular complexity index is 375. The molecule has 1 aromatic carbocycles. The number of aromatic hydroxyl groups is 1. The summed E-state index contributed by atoms with van der Waals surface area (Å²) in [5, 5.41) is 15.2. The van der Waals surface area contributed by atoms with Gasteiger partial charge in [0, 0.05) is 13.1 Å². The number of nitrogens with one attached hydrogen (secondary N) is 2. The number of rotatable bonds is 2. The molecule has 0 bridgehead atoms. The summed E-state index contributed by atoms with van der Waals surface area (Å²) in [6, 6.07) is 6.61. The first-order chi connectivity index (χ1) is 7.77. The SMILES string of the molecule is O=C(Nc1ccccc1O)C1CNCCO1. The molecule has 2 rings (SSSR count). The van der Waals surface area contributed by atoms with Crippen molar-refractivity contribution in [1.29, 1.82) is 0 Å². The highest BCUT2D eigenvalue weighted by Gasteiger charge is 2.22. The Morgan fingerprint density at radius 3 is 3.00 bits per heavy atom. The number of amides is 1. The van der Waals surface area contributed by atoms with Crippen LogP contribution in [0.15, 0.2) is 24.3 Å². The molecule has 0 spiro atoms. The normalized spacial score (nSPS) is 20.4. The highest BCUT2D eigenvalue weighted by Crippen LogP contribution is 2.21. The van der Waals surface area contributed by atoms with Crippen LogP contribution in [-0.4, -0.2) is 36.8 Å². The number of ether oxygens (including phenoxy) is 1. The second kappa shape index (κ2) is 4.96. The second-order valence-corrected chi connectivity index (χ2v) is 3.57. The van der Waals surface area contributed by atoms with Crippen molar-refractivity contribution in [1.82, 2.24) is 5.32 Å². The Balaban J connectivity index is 1.99. The van der Waals surface area contributed by atoms with E-state index < -0.39 is 6.10 Å². The molecule has 1 aliphatic rings. The molecule has 0 radical (unpaired) electrons. The second-order valence-electron chi connectivity index (χ2n) is 3.57. The average molecular weight is 222 g/mol. The van der Waals surface area contributed by atoms with Gasteiger partial charge in [-0.1, -0.05) is 12.1 Å². The zero-order chi connectivity index (χ0) is 11.4. The van der Waals surface area contributed by atoms with Crippen molar-refractivity contribution in [3.8, 4) is 5.75 Å². The van der Waals surface area contributed by atoms with Crippen LogP contribution >= 0.6 is 0 Å². The zero-order valence-corrected chi connectivity index (χ0v) is 8.77. The molecule has 1 amide bonds. The van der Waals surface area contributed by atoms with E-state index in [1.165, 1.54) is 6.07 Å². The van der Waals surface area contributed by atoms with Crippen LogP contribution in [0.3, 0.4) is 0 Å². The third kappa shape index (κ3) is 2.50. The van der Waals surface area contributed by atoms with Crippen molar-refractivity contribution in [3.63, 3.8) is 0 Å². The lowest BCUT2D eigenvalue weighted by Gasteiger charge is -2.22. The number of benzene rings is 1. The Morgan fingerprint density at radius 1 is 1.50 bits per heavy atom. The molecule has 0 saturated carbocycles. The Kier molecular flexibility index (Phi) is 3.38. The van der Waals surface area contributed by atoms with Crippen LogP contribution < -0.4 is 10.6 Å². The number of hydrogen-bond donors (Lipinski definition) is 3. The van der Waals surface area contributed by atoms with E-state index in [-0.39, 0.29) is 11.7 Å². The summed E-state index contributed by atoms with van der Waals surface area (Å²) >= 11 is 0. The molecule has 3 N–H and O–H groups in total. The summed E-state index contributed by atoms with van der Waals surface area (Å²) in [7, 11) is 0. The zero-order valence-electron chi connectivity index (χ0n) is 8.77. The predicted molar refractivity (Wildman–Crippen MR) is 59.3 cm³/mol. The smallest absolute Gasteiger partial charge is 0.254 e. The molecule has 5 heteroatoms. The van der Waals surface area contributed by atoms with Crippen LogP contribution in [0.4, 0.5) is 5.69 Å². The highest BCUT2D eigenvalue weighted by molar-refractivity contribution is 5.95. The largest absolute Gasteiger partial charge is 0.506 e. The molecular weight excluding hydrogens is 208 g/mol. The third-order valence-electron chi connectivity index (χ3n) is 2.38. The van der Waals surface area contributed by atoms with Gasteiger partial charge in [0.05, 0.1) is 12.3 Å². The third-order valence-corrected chi connectivity index (χ3v) is 2.38. The molecule has 1 heterocycles. The number of hydrogen-bond acceptors (Lipinski definition) is 4. The minimum atomic E-state index is -0.492. The summed E-state index contributed by atoms with van der Waals surface area (Å²) in [5.41, 5.74) is 0.404. The van der Waals surface area contributed by atoms with Gasteiger partial charge in [-0.05, 0) is 12.1 Å². The fourth-order valence-corrected chi connectivity index (χ4v) is 1.53. The topological polar surface area (TPSA) is 70.6 Å². The van der Waals surface area contributed by atoms with Crippen molar-refractivity contribution in [3.05, 3.63) is 24.3 Å². The van der Waals surface area contributed by atoms with Crippen molar-refractivity contribution in [2.45, 2.75) is 6.10 Å². The van der Waals surface area contributed by atoms with Gasteiger partial charge in [-0.25, -0.2) is 0 Å². The van der Waals surface area contributed by atoms with Crippen molar-refractivity contribution in [2.75, 3.05) is 25.0 Å². The molecule has 5 nitrogen and oxygen atoms in total. The van der Waals surface area contributed by atoms with Crippen molar-refractivity contribution >= 4 is 11.6 Å². The predicted octanol–water partition coefficient (Wildman–Crippen LogP) is 0.319. The minimum Gasteiger partial charge on any atom is -0.506 e. The van der Waals surface area contributed by atoms with E-state index >= 15 is 0 Å². The molecule has 0 aromatic heterocycles. The number of para-hydroxylation sites is 2. The van der Waals surface area contributed by atoms with Crippen molar-refractivity contribution < 1.29 is 14.6 Å². The Labute approximate surface area is 93.4 Å². The Morgan fingerprint density at radius 2 is 2.31 bits per heavy atom. The van der Waals surface area contributed by atoms with Gasteiger partial charge in [0.2, 0.25) is 0 Å². The van der Waals surface area contributed by atoms with Gasteiger partial charge in [-0.15, -0.1) is 0 Å². The summed E-state index contributed by atoms with van der Waals surface area (Å²) < 4.78 is 5.30. The number of carbonyl (C=O) groups excluding carboxylic acids is 1. The van der Waals surface area contributed by atoms with Gasteiger partial charge >= 0.3 is 0 Å². The monoisotopic (exact) mass is 222 g/mol. The maximum Gasteiger partial charge on any atom is 0.254 e. The van der Waals surface area contributed by atoms with Crippen LogP contribution in [0.1, 0.15) is 0 Å². The van der Waals surface area contributed by atoms with Crippen LogP contribution in [0.2, 0.25) is 0 Å². The van der Waals surface area contributed by atoms with Gasteiger partial charge in [0.25, 0.3) is 5.91 Å². The van der Waals surface area contributed by atoms with Gasteiger partial charge in [-0.2, -0.15) is 0 Å². The first kappa shape index (κ1) is 10.9. The first-order valence-electron chi connectivity index (χ1n) is 5.18. The summed E-state index contributed by atoms with van der Waals surface area (Å²) in [6.07, 6.45) is -0.492. The highest BCUT2D eigenvalue weighted by atomic mass is 16.5. The number of morpholine rings is 1. The summed E-state index contributed by atoms with van der Waals surface area (Å²) in [5.74, 6) is -0.187. The number of anilines is 1. The molecule has 1 fully saturated rings. The summed E-state index contributed by atoms with van der Waals surface area (Å²) in [6.45, 7) is 1.79. The van der Waals surface area contributed by atoms with Crippen LogP contribution in [-0.2, 0) is 9.53 Å². The van der Waals surface area contributed by atoms with Crippen LogP contribution in [0, 0.1) is 0 Å². The quantitative estimate of drug-likeness (QED) is 0.630. The van der Waals surface area contributed by atoms with E-state index in [2.05, 4.69) is 10.6 Å². The van der Waals surface area contributed by atoms with Gasteiger partial charge in [0.15, 0.2) is 0 Å². The van der Waals surface area contributed by atoms with Gasteiger partial charge in [-0.3, -0.25) is 4.79 Å². The number of carbonyl (C=O) groups is 1. The molecule has 16 heavy (non-hydrogen) atoms. The van der Waals surface area contributed by atoms with E-state index in [1.54, 1.807) is 18.2 Å². The fourth-order valence-electron chi connectivity index (χ4n) is 1.53. The molecule has 1 atom stereocenters. The van der Waals surface area contributed by atoms with E-state index in [0.717, 1.165) is 6.54 Å². The van der Waals surface area contributed by atoms with E-state index in [9.17, 15) is 9.90 Å². The number of phenolic OH excluding ortho intramolecular Hbond substituents is 1. The van der Waals surface area contributed by atoms with Crippen LogP contribution in [0.5, 0.6) is 5.75 Å². The molecule has 1 aliphatic heterocycles. The average Bonchev–Trinajstić information content (AvgIpc) is 2.33. The summed E-state index contributed by atoms with van der Waals surface area (Å²) in [4.78, 5) is 11.7. The minimum absolute atomic E-state index is 0.0552. The van der Waals surface area contributed by atoms with Crippen LogP contribution in [0.25, 0.3) is 0 Å². The maximum absolute atomic E-state index is 11.7. The molecule has 1 unspecified atom stereocenters. The lowest BCUT2D eigenvalue weighted by Crippen LogP contribution is -2.45. The standard InChI is InChI=1S/C11H14N2O3/c14-9-4-2-1-3-8(9)13-11(15)10-7-12-5-6-16-10/h1-4,10,12,14H,5-7H2,(H,13,15). The van der Waals surface area contributed by atoms with Crippen molar-refractivity contribution in [2.24, 2.45) is 0 Å². The Hall–Kier alpha value is -1.59. The maximum atomic E-state index is 11.7. The lowest BCUT2D eigenvalue weighted by molar-refractivity contribution is -0.128. The lowest BCUT2D eigenvalue weighted by atomic mass is 10.2. The molecule has 0 aliphatic carbocycles. The first-order valence-corrected chi connectivity index (χ1v) is 5.18. The fraction of sp³-hybridized carbons (Fsp3) is 0.364. The van der Waals surface area contributed by atoms with E-state index in [4.69, 9.17) is 4.74 Å². The van der Waals surface area contributed by atoms with Gasteiger partial charge in [0.1, 0.15) is 11.9 Å². The molecule has 1 aromatic rings. The van der Waals surface area contributed by atoms with Gasteiger partial charge < -0.3 is 20.5 Å². The van der Waals surface area contributed by atoms with E-state index in [0.29, 0.717) is 18.8 Å².